The molecule has 13 heavy (non-hydrogen) atoms. The predicted molar refractivity (Wildman–Crippen MR) is 48.2 cm³/mol. The molecule has 4 heteroatoms. The number of hydrogen-bond acceptors (Lipinski definition) is 4. The van der Waals surface area contributed by atoms with Crippen LogP contribution >= 0.6 is 0 Å². The predicted octanol–water partition coefficient (Wildman–Crippen LogP) is 0.948. The summed E-state index contributed by atoms with van der Waals surface area (Å²) >= 11 is 0. The van der Waals surface area contributed by atoms with E-state index in [4.69, 9.17) is 5.26 Å². The van der Waals surface area contributed by atoms with Gasteiger partial charge in [-0.05, 0) is 12.8 Å². The lowest BCUT2D eigenvalue weighted by Crippen LogP contribution is -2.20. The van der Waals surface area contributed by atoms with Crippen LogP contribution in [0.3, 0.4) is 0 Å². The van der Waals surface area contributed by atoms with Crippen molar-refractivity contribution in [2.24, 2.45) is 0 Å². The lowest BCUT2D eigenvalue weighted by molar-refractivity contribution is 0.920. The first-order valence-electron chi connectivity index (χ1n) is 4.38. The Morgan fingerprint density at radius 2 is 1.92 bits per heavy atom. The molecular weight excluding hydrogens is 164 g/mol. The highest BCUT2D eigenvalue weighted by atomic mass is 15.2. The molecule has 0 saturated carbocycles. The summed E-state index contributed by atoms with van der Waals surface area (Å²) in [5.74, 6) is 0.738. The van der Waals surface area contributed by atoms with E-state index in [-0.39, 0.29) is 0 Å². The molecule has 0 aromatic carbocycles. The van der Waals surface area contributed by atoms with Crippen LogP contribution in [0.1, 0.15) is 18.5 Å². The van der Waals surface area contributed by atoms with Crippen molar-refractivity contribution >= 4 is 5.82 Å². The molecule has 1 aromatic rings. The van der Waals surface area contributed by atoms with Crippen molar-refractivity contribution in [1.82, 2.24) is 9.97 Å². The van der Waals surface area contributed by atoms with E-state index >= 15 is 0 Å². The number of nitrogens with zero attached hydrogens (tertiary/aromatic N) is 4. The largest absolute Gasteiger partial charge is 0.354 e. The third kappa shape index (κ3) is 1.45. The van der Waals surface area contributed by atoms with Crippen LogP contribution in [0, 0.1) is 11.3 Å². The van der Waals surface area contributed by atoms with Gasteiger partial charge < -0.3 is 4.90 Å². The van der Waals surface area contributed by atoms with E-state index in [0.717, 1.165) is 18.9 Å². The molecule has 1 aliphatic heterocycles. The summed E-state index contributed by atoms with van der Waals surface area (Å²) in [5, 5.41) is 8.80. The Hall–Kier alpha value is -1.63. The minimum atomic E-state index is 0.435. The summed E-state index contributed by atoms with van der Waals surface area (Å²) in [6, 6.07) is 2.06. The molecule has 66 valence electrons. The first-order chi connectivity index (χ1) is 6.42. The Morgan fingerprint density at radius 1 is 1.23 bits per heavy atom. The quantitative estimate of drug-likeness (QED) is 0.636. The Labute approximate surface area is 76.8 Å². The van der Waals surface area contributed by atoms with Crippen molar-refractivity contribution in [3.05, 3.63) is 18.1 Å². The van der Waals surface area contributed by atoms with Crippen LogP contribution < -0.4 is 4.90 Å². The van der Waals surface area contributed by atoms with Gasteiger partial charge >= 0.3 is 0 Å². The lowest BCUT2D eigenvalue weighted by atomic mass is 10.4. The topological polar surface area (TPSA) is 52.8 Å². The maximum absolute atomic E-state index is 8.80. The van der Waals surface area contributed by atoms with Gasteiger partial charge in [0.15, 0.2) is 11.5 Å². The molecule has 0 amide bonds. The molecule has 1 saturated heterocycles. The van der Waals surface area contributed by atoms with Crippen LogP contribution in [-0.4, -0.2) is 23.1 Å². The van der Waals surface area contributed by atoms with E-state index in [1.807, 2.05) is 0 Å². The van der Waals surface area contributed by atoms with Gasteiger partial charge in [0.05, 0.1) is 0 Å². The van der Waals surface area contributed by atoms with Gasteiger partial charge in [-0.3, -0.25) is 0 Å². The summed E-state index contributed by atoms with van der Waals surface area (Å²) in [7, 11) is 0. The second-order valence-electron chi connectivity index (χ2n) is 3.03. The molecule has 2 rings (SSSR count). The molecule has 1 aliphatic rings. The molecule has 1 aromatic heterocycles. The standard InChI is InChI=1S/C9H10N4/c10-7-8-9(12-4-3-11-8)13-5-1-2-6-13/h3-4H,1-2,5-6H2. The van der Waals surface area contributed by atoms with Crippen molar-refractivity contribution < 1.29 is 0 Å². The number of nitriles is 1. The SMILES string of the molecule is N#Cc1nccnc1N1CCCC1. The minimum Gasteiger partial charge on any atom is -0.354 e. The highest BCUT2D eigenvalue weighted by Gasteiger charge is 2.16. The Kier molecular flexibility index (Phi) is 2.09. The minimum absolute atomic E-state index is 0.435. The normalized spacial score (nSPS) is 15.8. The summed E-state index contributed by atoms with van der Waals surface area (Å²) in [4.78, 5) is 10.3. The number of rotatable bonds is 1. The van der Waals surface area contributed by atoms with Crippen LogP contribution in [0.4, 0.5) is 5.82 Å². The van der Waals surface area contributed by atoms with Crippen LogP contribution in [0.15, 0.2) is 12.4 Å². The van der Waals surface area contributed by atoms with Crippen molar-refractivity contribution in [3.63, 3.8) is 0 Å². The average Bonchev–Trinajstić information content (AvgIpc) is 2.70. The fourth-order valence-corrected chi connectivity index (χ4v) is 1.57. The zero-order valence-electron chi connectivity index (χ0n) is 7.27. The zero-order valence-corrected chi connectivity index (χ0v) is 7.27. The molecule has 1 fully saturated rings. The van der Waals surface area contributed by atoms with Gasteiger partial charge in [0, 0.05) is 25.5 Å². The van der Waals surface area contributed by atoms with E-state index in [2.05, 4.69) is 20.9 Å². The number of aromatic nitrogens is 2. The number of anilines is 1. The highest BCUT2D eigenvalue weighted by molar-refractivity contribution is 5.49. The van der Waals surface area contributed by atoms with Gasteiger partial charge in [-0.25, -0.2) is 9.97 Å². The van der Waals surface area contributed by atoms with Crippen molar-refractivity contribution in [2.45, 2.75) is 12.8 Å². The van der Waals surface area contributed by atoms with E-state index in [9.17, 15) is 0 Å². The summed E-state index contributed by atoms with van der Waals surface area (Å²) in [5.41, 5.74) is 0.435. The van der Waals surface area contributed by atoms with Gasteiger partial charge in [-0.2, -0.15) is 5.26 Å². The van der Waals surface area contributed by atoms with Crippen molar-refractivity contribution in [1.29, 1.82) is 5.26 Å². The maximum atomic E-state index is 8.80. The van der Waals surface area contributed by atoms with Crippen LogP contribution in [-0.2, 0) is 0 Å². The summed E-state index contributed by atoms with van der Waals surface area (Å²) in [6.45, 7) is 1.99. The molecular formula is C9H10N4. The fourth-order valence-electron chi connectivity index (χ4n) is 1.57. The van der Waals surface area contributed by atoms with Gasteiger partial charge in [0.2, 0.25) is 0 Å². The molecule has 0 spiro atoms. The highest BCUT2D eigenvalue weighted by Crippen LogP contribution is 2.19. The molecule has 0 bridgehead atoms. The van der Waals surface area contributed by atoms with Crippen LogP contribution in [0.2, 0.25) is 0 Å². The molecule has 2 heterocycles. The monoisotopic (exact) mass is 174 g/mol. The molecule has 0 atom stereocenters. The average molecular weight is 174 g/mol. The van der Waals surface area contributed by atoms with Crippen LogP contribution in [0.5, 0.6) is 0 Å². The van der Waals surface area contributed by atoms with Gasteiger partial charge in [0.25, 0.3) is 0 Å². The van der Waals surface area contributed by atoms with Gasteiger partial charge in [0.1, 0.15) is 6.07 Å². The molecule has 0 unspecified atom stereocenters. The fraction of sp³-hybridized carbons (Fsp3) is 0.444. The summed E-state index contributed by atoms with van der Waals surface area (Å²) < 4.78 is 0. The van der Waals surface area contributed by atoms with Crippen LogP contribution in [0.25, 0.3) is 0 Å². The first kappa shape index (κ1) is 7.99. The molecule has 0 aliphatic carbocycles. The second-order valence-corrected chi connectivity index (χ2v) is 3.03. The molecule has 0 N–H and O–H groups in total. The van der Waals surface area contributed by atoms with E-state index in [0.29, 0.717) is 5.69 Å². The molecule has 0 radical (unpaired) electrons. The smallest absolute Gasteiger partial charge is 0.183 e. The summed E-state index contributed by atoms with van der Waals surface area (Å²) in [6.07, 6.45) is 5.55. The third-order valence-corrected chi connectivity index (χ3v) is 2.19. The van der Waals surface area contributed by atoms with E-state index < -0.39 is 0 Å². The van der Waals surface area contributed by atoms with Crippen molar-refractivity contribution in [3.8, 4) is 6.07 Å². The van der Waals surface area contributed by atoms with E-state index in [1.54, 1.807) is 12.4 Å². The third-order valence-electron chi connectivity index (χ3n) is 2.19. The second kappa shape index (κ2) is 3.40. The zero-order chi connectivity index (χ0) is 9.10. The van der Waals surface area contributed by atoms with Gasteiger partial charge in [-0.1, -0.05) is 0 Å². The molecule has 4 nitrogen and oxygen atoms in total. The lowest BCUT2D eigenvalue weighted by Gasteiger charge is -2.15. The maximum Gasteiger partial charge on any atom is 0.183 e. The Balaban J connectivity index is 2.33. The van der Waals surface area contributed by atoms with E-state index in [1.165, 1.54) is 12.8 Å². The Bertz CT molecular complexity index is 336. The number of hydrogen-bond donors (Lipinski definition) is 0. The van der Waals surface area contributed by atoms with Gasteiger partial charge in [-0.15, -0.1) is 0 Å². The first-order valence-corrected chi connectivity index (χ1v) is 4.38. The Morgan fingerprint density at radius 3 is 2.62 bits per heavy atom. The van der Waals surface area contributed by atoms with Crippen molar-refractivity contribution in [2.75, 3.05) is 18.0 Å².